The van der Waals surface area contributed by atoms with Crippen LogP contribution in [0.15, 0.2) is 30.6 Å². The number of H-pyrrole nitrogens is 1. The van der Waals surface area contributed by atoms with E-state index in [1.54, 1.807) is 12.1 Å². The van der Waals surface area contributed by atoms with Gasteiger partial charge in [-0.3, -0.25) is 10.1 Å². The molecule has 0 aliphatic heterocycles. The average Bonchev–Trinajstić information content (AvgIpc) is 2.95. The summed E-state index contributed by atoms with van der Waals surface area (Å²) in [4.78, 5) is 25.4. The first kappa shape index (κ1) is 14.2. The Balaban J connectivity index is 1.87. The minimum atomic E-state index is -0.430. The molecule has 1 atom stereocenters. The van der Waals surface area contributed by atoms with Crippen molar-refractivity contribution in [1.29, 1.82) is 0 Å². The molecule has 2 heterocycles. The number of halogens is 1. The SMILES string of the molecule is CC(Nc1nc(Cl)nc2nc[nH]c12)c1ccc([N+](=O)[O-])cc1. The topological polar surface area (TPSA) is 110 Å². The summed E-state index contributed by atoms with van der Waals surface area (Å²) in [5.41, 5.74) is 2.06. The summed E-state index contributed by atoms with van der Waals surface area (Å²) in [5, 5.41) is 14.0. The molecule has 3 rings (SSSR count). The van der Waals surface area contributed by atoms with Gasteiger partial charge in [0.25, 0.3) is 5.69 Å². The van der Waals surface area contributed by atoms with Crippen molar-refractivity contribution in [3.05, 3.63) is 51.6 Å². The number of nitrogens with one attached hydrogen (secondary N) is 2. The number of non-ortho nitro benzene ring substituents is 1. The number of nitrogens with zero attached hydrogens (tertiary/aromatic N) is 4. The monoisotopic (exact) mass is 318 g/mol. The molecule has 8 nitrogen and oxygen atoms in total. The van der Waals surface area contributed by atoms with Crippen molar-refractivity contribution in [3.63, 3.8) is 0 Å². The Morgan fingerprint density at radius 1 is 1.32 bits per heavy atom. The van der Waals surface area contributed by atoms with Crippen molar-refractivity contribution >= 4 is 34.3 Å². The van der Waals surface area contributed by atoms with E-state index in [1.807, 2.05) is 6.92 Å². The molecule has 0 fully saturated rings. The molecule has 3 aromatic rings. The van der Waals surface area contributed by atoms with Crippen LogP contribution in [0.25, 0.3) is 11.2 Å². The van der Waals surface area contributed by atoms with Crippen LogP contribution in [0.3, 0.4) is 0 Å². The minimum Gasteiger partial charge on any atom is -0.362 e. The Bertz CT molecular complexity index is 832. The van der Waals surface area contributed by atoms with Crippen LogP contribution in [-0.4, -0.2) is 24.9 Å². The smallest absolute Gasteiger partial charge is 0.269 e. The molecule has 0 aliphatic carbocycles. The first-order chi connectivity index (χ1) is 10.5. The van der Waals surface area contributed by atoms with E-state index in [1.165, 1.54) is 18.5 Å². The van der Waals surface area contributed by atoms with Gasteiger partial charge in [0.05, 0.1) is 17.3 Å². The van der Waals surface area contributed by atoms with Crippen molar-refractivity contribution in [1.82, 2.24) is 19.9 Å². The number of imidazole rings is 1. The number of nitro groups is 1. The largest absolute Gasteiger partial charge is 0.362 e. The van der Waals surface area contributed by atoms with Gasteiger partial charge in [-0.2, -0.15) is 9.97 Å². The van der Waals surface area contributed by atoms with E-state index in [0.717, 1.165) is 5.56 Å². The molecule has 2 N–H and O–H groups in total. The van der Waals surface area contributed by atoms with E-state index in [2.05, 4.69) is 25.3 Å². The van der Waals surface area contributed by atoms with E-state index in [-0.39, 0.29) is 17.0 Å². The molecule has 0 saturated heterocycles. The first-order valence-electron chi connectivity index (χ1n) is 6.42. The highest BCUT2D eigenvalue weighted by Gasteiger charge is 2.13. The molecule has 1 aromatic carbocycles. The number of hydrogen-bond donors (Lipinski definition) is 2. The number of benzene rings is 1. The Morgan fingerprint density at radius 3 is 2.73 bits per heavy atom. The number of fused-ring (bicyclic) bond motifs is 1. The van der Waals surface area contributed by atoms with Crippen molar-refractivity contribution in [2.24, 2.45) is 0 Å². The highest BCUT2D eigenvalue weighted by atomic mass is 35.5. The fraction of sp³-hybridized carbons (Fsp3) is 0.154. The van der Waals surface area contributed by atoms with Crippen molar-refractivity contribution in [3.8, 4) is 0 Å². The maximum atomic E-state index is 10.7. The first-order valence-corrected chi connectivity index (χ1v) is 6.80. The molecule has 0 amide bonds. The lowest BCUT2D eigenvalue weighted by molar-refractivity contribution is -0.384. The van der Waals surface area contributed by atoms with Gasteiger partial charge in [-0.25, -0.2) is 4.98 Å². The molecule has 0 radical (unpaired) electrons. The highest BCUT2D eigenvalue weighted by Crippen LogP contribution is 2.25. The van der Waals surface area contributed by atoms with Crippen LogP contribution in [-0.2, 0) is 0 Å². The summed E-state index contributed by atoms with van der Waals surface area (Å²) in [6.45, 7) is 1.92. The third-order valence-corrected chi connectivity index (χ3v) is 3.38. The zero-order valence-electron chi connectivity index (χ0n) is 11.4. The lowest BCUT2D eigenvalue weighted by atomic mass is 10.1. The Labute approximate surface area is 129 Å². The summed E-state index contributed by atoms with van der Waals surface area (Å²) in [5.74, 6) is 0.526. The van der Waals surface area contributed by atoms with Gasteiger partial charge in [0, 0.05) is 12.1 Å². The Hall–Kier alpha value is -2.74. The maximum absolute atomic E-state index is 10.7. The van der Waals surface area contributed by atoms with Crippen LogP contribution in [0.1, 0.15) is 18.5 Å². The molecule has 9 heteroatoms. The normalized spacial score (nSPS) is 12.3. The van der Waals surface area contributed by atoms with Crippen molar-refractivity contribution in [2.75, 3.05) is 5.32 Å². The molecular formula is C13H11ClN6O2. The van der Waals surface area contributed by atoms with Crippen LogP contribution < -0.4 is 5.32 Å². The zero-order valence-corrected chi connectivity index (χ0v) is 12.2. The van der Waals surface area contributed by atoms with Crippen molar-refractivity contribution in [2.45, 2.75) is 13.0 Å². The van der Waals surface area contributed by atoms with Gasteiger partial charge in [0.2, 0.25) is 5.28 Å². The number of aromatic amines is 1. The molecule has 0 bridgehead atoms. The number of aromatic nitrogens is 4. The standard InChI is InChI=1S/C13H11ClN6O2/c1-7(8-2-4-9(5-3-8)20(21)22)17-12-10-11(16-6-15-10)18-13(14)19-12/h2-7H,1H3,(H2,15,16,17,18,19). The third-order valence-electron chi connectivity index (χ3n) is 3.22. The lowest BCUT2D eigenvalue weighted by Crippen LogP contribution is -2.09. The average molecular weight is 319 g/mol. The molecule has 0 saturated carbocycles. The van der Waals surface area contributed by atoms with Gasteiger partial charge in [-0.15, -0.1) is 0 Å². The van der Waals surface area contributed by atoms with E-state index in [9.17, 15) is 10.1 Å². The highest BCUT2D eigenvalue weighted by molar-refractivity contribution is 6.28. The third kappa shape index (κ3) is 2.68. The summed E-state index contributed by atoms with van der Waals surface area (Å²) >= 11 is 5.87. The second-order valence-electron chi connectivity index (χ2n) is 4.66. The molecule has 2 aromatic heterocycles. The van der Waals surface area contributed by atoms with E-state index >= 15 is 0 Å². The van der Waals surface area contributed by atoms with Gasteiger partial charge < -0.3 is 10.3 Å². The fourth-order valence-electron chi connectivity index (χ4n) is 2.08. The number of hydrogen-bond acceptors (Lipinski definition) is 6. The minimum absolute atomic E-state index is 0.0528. The predicted molar refractivity (Wildman–Crippen MR) is 81.8 cm³/mol. The molecule has 22 heavy (non-hydrogen) atoms. The Morgan fingerprint density at radius 2 is 2.05 bits per heavy atom. The Kier molecular flexibility index (Phi) is 3.60. The summed E-state index contributed by atoms with van der Waals surface area (Å²) < 4.78 is 0. The molecule has 0 spiro atoms. The molecule has 112 valence electrons. The number of anilines is 1. The second-order valence-corrected chi connectivity index (χ2v) is 5.00. The second kappa shape index (κ2) is 5.57. The fourth-order valence-corrected chi connectivity index (χ4v) is 2.25. The summed E-state index contributed by atoms with van der Waals surface area (Å²) in [6.07, 6.45) is 1.51. The predicted octanol–water partition coefficient (Wildman–Crippen LogP) is 3.09. The lowest BCUT2D eigenvalue weighted by Gasteiger charge is -2.15. The molecule has 0 aliphatic rings. The summed E-state index contributed by atoms with van der Waals surface area (Å²) in [6, 6.07) is 6.20. The molecular weight excluding hydrogens is 308 g/mol. The maximum Gasteiger partial charge on any atom is 0.269 e. The van der Waals surface area contributed by atoms with Crippen LogP contribution in [0.5, 0.6) is 0 Å². The van der Waals surface area contributed by atoms with Gasteiger partial charge >= 0.3 is 0 Å². The molecule has 1 unspecified atom stereocenters. The zero-order chi connectivity index (χ0) is 15.7. The number of rotatable bonds is 4. The van der Waals surface area contributed by atoms with Gasteiger partial charge in [-0.1, -0.05) is 12.1 Å². The van der Waals surface area contributed by atoms with E-state index in [0.29, 0.717) is 17.0 Å². The van der Waals surface area contributed by atoms with Crippen LogP contribution in [0.4, 0.5) is 11.5 Å². The van der Waals surface area contributed by atoms with Crippen LogP contribution in [0, 0.1) is 10.1 Å². The van der Waals surface area contributed by atoms with Gasteiger partial charge in [0.1, 0.15) is 5.52 Å². The van der Waals surface area contributed by atoms with Gasteiger partial charge in [0.15, 0.2) is 11.5 Å². The van der Waals surface area contributed by atoms with Crippen LogP contribution in [0.2, 0.25) is 5.28 Å². The van der Waals surface area contributed by atoms with Crippen LogP contribution >= 0.6 is 11.6 Å². The summed E-state index contributed by atoms with van der Waals surface area (Å²) in [7, 11) is 0. The number of nitro benzene ring substituents is 1. The quantitative estimate of drug-likeness (QED) is 0.434. The van der Waals surface area contributed by atoms with E-state index in [4.69, 9.17) is 11.6 Å². The van der Waals surface area contributed by atoms with Gasteiger partial charge in [-0.05, 0) is 24.1 Å². The van der Waals surface area contributed by atoms with Crippen molar-refractivity contribution < 1.29 is 4.92 Å². The van der Waals surface area contributed by atoms with E-state index < -0.39 is 4.92 Å².